The van der Waals surface area contributed by atoms with Crippen molar-refractivity contribution in [3.05, 3.63) is 16.6 Å². The summed E-state index contributed by atoms with van der Waals surface area (Å²) in [7, 11) is 0. The van der Waals surface area contributed by atoms with Gasteiger partial charge in [0.25, 0.3) is 6.04 Å². The summed E-state index contributed by atoms with van der Waals surface area (Å²) < 4.78 is 1.68. The van der Waals surface area contributed by atoms with Gasteiger partial charge in [-0.2, -0.15) is 0 Å². The molecule has 2 heterocycles. The topological polar surface area (TPSA) is 33.0 Å². The van der Waals surface area contributed by atoms with E-state index < -0.39 is 0 Å². The van der Waals surface area contributed by atoms with Gasteiger partial charge >= 0.3 is 5.91 Å². The zero-order valence-electron chi connectivity index (χ0n) is 6.02. The van der Waals surface area contributed by atoms with Gasteiger partial charge < -0.3 is 0 Å². The summed E-state index contributed by atoms with van der Waals surface area (Å²) in [5.74, 6) is 0.0861. The lowest BCUT2D eigenvalue weighted by atomic mass is 10.3. The van der Waals surface area contributed by atoms with E-state index in [0.717, 1.165) is 5.69 Å². The highest BCUT2D eigenvalue weighted by Gasteiger charge is 2.42. The van der Waals surface area contributed by atoms with E-state index in [1.54, 1.807) is 28.3 Å². The Hall–Kier alpha value is -1.03. The predicted octanol–water partition coefficient (Wildman–Crippen LogP) is 0.828. The third kappa shape index (κ3) is 1.09. The van der Waals surface area contributed by atoms with Gasteiger partial charge in [0.05, 0.1) is 12.4 Å². The number of carbonyl (C=O) groups excluding carboxylic acids is 1. The van der Waals surface area contributed by atoms with Crippen molar-refractivity contribution in [3.63, 3.8) is 0 Å². The molecule has 0 saturated heterocycles. The van der Waals surface area contributed by atoms with E-state index in [9.17, 15) is 4.79 Å². The number of amides is 1. The summed E-state index contributed by atoms with van der Waals surface area (Å²) in [5.41, 5.74) is 2.75. The van der Waals surface area contributed by atoms with Crippen LogP contribution in [0.3, 0.4) is 0 Å². The van der Waals surface area contributed by atoms with E-state index in [1.807, 2.05) is 11.6 Å². The molecule has 1 aromatic rings. The fourth-order valence-corrected chi connectivity index (χ4v) is 1.58. The Labute approximate surface area is 68.0 Å². The largest absolute Gasteiger partial charge is 0.384 e. The number of hydrogen-bond acceptors (Lipinski definition) is 3. The molecule has 0 spiro atoms. The highest BCUT2D eigenvalue weighted by molar-refractivity contribution is 7.07. The van der Waals surface area contributed by atoms with Gasteiger partial charge in [-0.1, -0.05) is 0 Å². The van der Waals surface area contributed by atoms with Crippen LogP contribution in [-0.4, -0.2) is 21.7 Å². The Morgan fingerprint density at radius 1 is 1.82 bits per heavy atom. The Bertz CT molecular complexity index is 315. The average molecular weight is 167 g/mol. The molecule has 0 aliphatic carbocycles. The lowest BCUT2D eigenvalue weighted by Gasteiger charge is -1.81. The van der Waals surface area contributed by atoms with E-state index >= 15 is 0 Å². The van der Waals surface area contributed by atoms with Gasteiger partial charge in [-0.05, 0) is 0 Å². The number of nitrogens with zero attached hydrogens (tertiary/aromatic N) is 2. The van der Waals surface area contributed by atoms with Crippen molar-refractivity contribution in [1.29, 1.82) is 0 Å². The fourth-order valence-electron chi connectivity index (χ4n) is 1.00. The van der Waals surface area contributed by atoms with Gasteiger partial charge in [0.1, 0.15) is 5.69 Å². The van der Waals surface area contributed by atoms with Gasteiger partial charge in [-0.3, -0.25) is 0 Å². The predicted molar refractivity (Wildman–Crippen MR) is 41.9 cm³/mol. The van der Waals surface area contributed by atoms with E-state index in [0.29, 0.717) is 0 Å². The van der Waals surface area contributed by atoms with E-state index in [-0.39, 0.29) is 11.9 Å². The van der Waals surface area contributed by atoms with Crippen LogP contribution in [0.25, 0.3) is 0 Å². The lowest BCUT2D eigenvalue weighted by molar-refractivity contribution is -0.396. The van der Waals surface area contributed by atoms with Gasteiger partial charge in [0.2, 0.25) is 6.21 Å². The first-order chi connectivity index (χ1) is 5.29. The zero-order valence-corrected chi connectivity index (χ0v) is 6.84. The third-order valence-corrected chi connectivity index (χ3v) is 2.23. The second-order valence-corrected chi connectivity index (χ2v) is 3.15. The molecule has 4 heteroatoms. The molecule has 0 bridgehead atoms. The molecule has 0 radical (unpaired) electrons. The number of aromatic nitrogens is 1. The molecule has 0 N–H and O–H groups in total. The number of rotatable bonds is 1. The maximum Gasteiger partial charge on any atom is 0.384 e. The third-order valence-electron chi connectivity index (χ3n) is 1.63. The minimum atomic E-state index is 0.0861. The Balaban J connectivity index is 2.11. The molecule has 1 atom stereocenters. The highest BCUT2D eigenvalue weighted by Crippen LogP contribution is 2.23. The van der Waals surface area contributed by atoms with Crippen molar-refractivity contribution < 1.29 is 9.37 Å². The molecule has 1 aromatic heterocycles. The van der Waals surface area contributed by atoms with Crippen LogP contribution < -0.4 is 0 Å². The number of thiazole rings is 1. The average Bonchev–Trinajstić information content (AvgIpc) is 2.60. The lowest BCUT2D eigenvalue weighted by Crippen LogP contribution is -2.03. The van der Waals surface area contributed by atoms with E-state index in [1.165, 1.54) is 0 Å². The molecule has 1 unspecified atom stereocenters. The Morgan fingerprint density at radius 2 is 2.64 bits per heavy atom. The van der Waals surface area contributed by atoms with Crippen molar-refractivity contribution in [3.8, 4) is 0 Å². The van der Waals surface area contributed by atoms with Crippen LogP contribution >= 0.6 is 11.3 Å². The standard InChI is InChI=1S/C7H7N2OS/c1-5(10)9-2-7(9)6-3-11-4-8-6/h2-4,7H,1H3/q+1. The summed E-state index contributed by atoms with van der Waals surface area (Å²) in [6, 6.07) is 0.152. The molecule has 1 amide bonds. The summed E-state index contributed by atoms with van der Waals surface area (Å²) in [5, 5.41) is 1.96. The van der Waals surface area contributed by atoms with Crippen LogP contribution in [0.15, 0.2) is 10.9 Å². The Kier molecular flexibility index (Phi) is 1.35. The van der Waals surface area contributed by atoms with Crippen LogP contribution in [0, 0.1) is 0 Å². The van der Waals surface area contributed by atoms with Gasteiger partial charge in [0, 0.05) is 5.38 Å². The number of carbonyl (C=O) groups is 1. The van der Waals surface area contributed by atoms with E-state index in [2.05, 4.69) is 4.98 Å². The van der Waals surface area contributed by atoms with Crippen molar-refractivity contribution in [2.24, 2.45) is 0 Å². The summed E-state index contributed by atoms with van der Waals surface area (Å²) in [6.07, 6.45) is 1.87. The molecule has 11 heavy (non-hydrogen) atoms. The summed E-state index contributed by atoms with van der Waals surface area (Å²) in [4.78, 5) is 14.9. The monoisotopic (exact) mass is 167 g/mol. The normalized spacial score (nSPS) is 21.2. The van der Waals surface area contributed by atoms with Gasteiger partial charge in [-0.25, -0.2) is 9.78 Å². The van der Waals surface area contributed by atoms with Crippen LogP contribution in [0.4, 0.5) is 0 Å². The smallest absolute Gasteiger partial charge is 0.242 e. The van der Waals surface area contributed by atoms with Gasteiger partial charge in [0.15, 0.2) is 0 Å². The van der Waals surface area contributed by atoms with E-state index in [4.69, 9.17) is 0 Å². The Morgan fingerprint density at radius 3 is 3.09 bits per heavy atom. The molecular formula is C7H7N2OS+. The van der Waals surface area contributed by atoms with Crippen molar-refractivity contribution in [2.45, 2.75) is 13.0 Å². The quantitative estimate of drug-likeness (QED) is 0.580. The second-order valence-electron chi connectivity index (χ2n) is 2.43. The molecule has 56 valence electrons. The molecule has 2 rings (SSSR count). The van der Waals surface area contributed by atoms with Crippen LogP contribution in [0.5, 0.6) is 0 Å². The second kappa shape index (κ2) is 2.23. The van der Waals surface area contributed by atoms with Crippen LogP contribution in [-0.2, 0) is 4.79 Å². The molecule has 0 saturated carbocycles. The maximum absolute atomic E-state index is 10.8. The highest BCUT2D eigenvalue weighted by atomic mass is 32.1. The summed E-state index contributed by atoms with van der Waals surface area (Å²) >= 11 is 1.55. The van der Waals surface area contributed by atoms with Crippen LogP contribution in [0.1, 0.15) is 18.7 Å². The fraction of sp³-hybridized carbons (Fsp3) is 0.286. The molecule has 1 aliphatic rings. The summed E-state index contributed by atoms with van der Waals surface area (Å²) in [6.45, 7) is 1.56. The minimum Gasteiger partial charge on any atom is -0.242 e. The molecule has 0 fully saturated rings. The zero-order chi connectivity index (χ0) is 7.84. The first-order valence-electron chi connectivity index (χ1n) is 3.31. The van der Waals surface area contributed by atoms with Crippen molar-refractivity contribution >= 4 is 23.5 Å². The van der Waals surface area contributed by atoms with Crippen LogP contribution in [0.2, 0.25) is 0 Å². The first kappa shape index (κ1) is 6.67. The van der Waals surface area contributed by atoms with Gasteiger partial charge in [-0.15, -0.1) is 15.9 Å². The number of hydrogen-bond donors (Lipinski definition) is 0. The first-order valence-corrected chi connectivity index (χ1v) is 4.25. The van der Waals surface area contributed by atoms with Crippen molar-refractivity contribution in [1.82, 2.24) is 4.98 Å². The molecule has 0 aromatic carbocycles. The molecule has 3 nitrogen and oxygen atoms in total. The SMILES string of the molecule is CC(=O)[N+]1=CC1c1cscn1. The molecule has 1 aliphatic heterocycles. The maximum atomic E-state index is 10.8. The van der Waals surface area contributed by atoms with Crippen molar-refractivity contribution in [2.75, 3.05) is 0 Å². The molecular weight excluding hydrogens is 160 g/mol. The minimum absolute atomic E-state index is 0.0861.